The van der Waals surface area contributed by atoms with E-state index in [1.165, 1.54) is 6.42 Å². The predicted molar refractivity (Wildman–Crippen MR) is 85.4 cm³/mol. The molecule has 1 aromatic carbocycles. The van der Waals surface area contributed by atoms with E-state index in [-0.39, 0.29) is 11.8 Å². The van der Waals surface area contributed by atoms with E-state index >= 15 is 0 Å². The Labute approximate surface area is 127 Å². The summed E-state index contributed by atoms with van der Waals surface area (Å²) in [5.74, 6) is -0.129. The minimum absolute atomic E-state index is 0.0435. The predicted octanol–water partition coefficient (Wildman–Crippen LogP) is 2.10. The largest absolute Gasteiger partial charge is 0.330 e. The Bertz CT molecular complexity index is 439. The van der Waals surface area contributed by atoms with E-state index in [4.69, 9.17) is 5.73 Å². The van der Waals surface area contributed by atoms with E-state index in [0.29, 0.717) is 25.0 Å². The van der Waals surface area contributed by atoms with Gasteiger partial charge in [-0.1, -0.05) is 36.8 Å². The van der Waals surface area contributed by atoms with Crippen LogP contribution in [0.5, 0.6) is 0 Å². The molecule has 1 amide bonds. The van der Waals surface area contributed by atoms with Crippen molar-refractivity contribution < 1.29 is 4.79 Å². The summed E-state index contributed by atoms with van der Waals surface area (Å²) in [4.78, 5) is 12.5. The molecule has 3 atom stereocenters. The van der Waals surface area contributed by atoms with Crippen LogP contribution in [-0.4, -0.2) is 29.5 Å². The van der Waals surface area contributed by atoms with Gasteiger partial charge in [0.1, 0.15) is 0 Å². The molecular formula is C17H27N3O. The lowest BCUT2D eigenvalue weighted by atomic mass is 9.98. The number of carbonyl (C=O) groups excluding carboxylic acids is 1. The minimum atomic E-state index is -0.172. The maximum atomic E-state index is 12.5. The lowest BCUT2D eigenvalue weighted by Gasteiger charge is -2.39. The molecular weight excluding hydrogens is 262 g/mol. The first-order valence-corrected chi connectivity index (χ1v) is 7.94. The van der Waals surface area contributed by atoms with Crippen molar-refractivity contribution in [2.75, 3.05) is 6.54 Å². The highest BCUT2D eigenvalue weighted by Crippen LogP contribution is 2.20. The van der Waals surface area contributed by atoms with Gasteiger partial charge in [0.05, 0.1) is 5.92 Å². The Hall–Kier alpha value is -1.39. The van der Waals surface area contributed by atoms with Gasteiger partial charge in [-0.05, 0) is 38.7 Å². The van der Waals surface area contributed by atoms with Crippen molar-refractivity contribution in [3.63, 3.8) is 0 Å². The SMILES string of the molecule is CC1CCCC(C)N1NC(=O)C(CN)Cc1ccccc1. The fraction of sp³-hybridized carbons (Fsp3) is 0.588. The van der Waals surface area contributed by atoms with Crippen LogP contribution in [0.4, 0.5) is 0 Å². The van der Waals surface area contributed by atoms with Crippen molar-refractivity contribution in [2.45, 2.75) is 51.6 Å². The number of nitrogens with one attached hydrogen (secondary N) is 1. The van der Waals surface area contributed by atoms with Gasteiger partial charge in [0.25, 0.3) is 0 Å². The smallest absolute Gasteiger partial charge is 0.239 e. The third kappa shape index (κ3) is 4.29. The second-order valence-corrected chi connectivity index (χ2v) is 6.13. The van der Waals surface area contributed by atoms with Crippen LogP contribution in [0.3, 0.4) is 0 Å². The van der Waals surface area contributed by atoms with Gasteiger partial charge in [0.15, 0.2) is 0 Å². The molecule has 21 heavy (non-hydrogen) atoms. The van der Waals surface area contributed by atoms with E-state index in [2.05, 4.69) is 24.3 Å². The molecule has 116 valence electrons. The average molecular weight is 289 g/mol. The van der Waals surface area contributed by atoms with Crippen LogP contribution in [0.1, 0.15) is 38.7 Å². The Morgan fingerprint density at radius 3 is 2.48 bits per heavy atom. The van der Waals surface area contributed by atoms with Crippen LogP contribution in [-0.2, 0) is 11.2 Å². The van der Waals surface area contributed by atoms with Crippen molar-refractivity contribution in [1.29, 1.82) is 0 Å². The molecule has 0 bridgehead atoms. The summed E-state index contributed by atoms with van der Waals surface area (Å²) in [6.45, 7) is 4.71. The van der Waals surface area contributed by atoms with Crippen LogP contribution in [0.15, 0.2) is 30.3 Å². The number of hydrogen-bond donors (Lipinski definition) is 2. The first kappa shape index (κ1) is 16.0. The summed E-state index contributed by atoms with van der Waals surface area (Å²) < 4.78 is 0. The average Bonchev–Trinajstić information content (AvgIpc) is 2.49. The zero-order chi connectivity index (χ0) is 15.2. The number of hydrogen-bond acceptors (Lipinski definition) is 3. The second kappa shape index (κ2) is 7.57. The van der Waals surface area contributed by atoms with E-state index in [9.17, 15) is 4.79 Å². The van der Waals surface area contributed by atoms with Crippen molar-refractivity contribution in [3.8, 4) is 0 Å². The number of nitrogens with two attached hydrogens (primary N) is 1. The molecule has 4 heteroatoms. The lowest BCUT2D eigenvalue weighted by Crippen LogP contribution is -2.56. The molecule has 1 aromatic rings. The molecule has 1 fully saturated rings. The first-order valence-electron chi connectivity index (χ1n) is 7.94. The maximum Gasteiger partial charge on any atom is 0.239 e. The number of piperidine rings is 1. The summed E-state index contributed by atoms with van der Waals surface area (Å²) in [6, 6.07) is 10.9. The van der Waals surface area contributed by atoms with Gasteiger partial charge >= 0.3 is 0 Å². The molecule has 2 rings (SSSR count). The summed E-state index contributed by atoms with van der Waals surface area (Å²) in [5.41, 5.74) is 10.1. The van der Waals surface area contributed by atoms with Crippen molar-refractivity contribution in [2.24, 2.45) is 11.7 Å². The molecule has 0 saturated carbocycles. The zero-order valence-electron chi connectivity index (χ0n) is 13.1. The fourth-order valence-electron chi connectivity index (χ4n) is 3.04. The first-order chi connectivity index (χ1) is 10.1. The molecule has 0 aromatic heterocycles. The van der Waals surface area contributed by atoms with Gasteiger partial charge in [-0.15, -0.1) is 0 Å². The molecule has 0 spiro atoms. The summed E-state index contributed by atoms with van der Waals surface area (Å²) >= 11 is 0. The Morgan fingerprint density at radius 2 is 1.90 bits per heavy atom. The summed E-state index contributed by atoms with van der Waals surface area (Å²) in [5, 5.41) is 2.11. The van der Waals surface area contributed by atoms with Crippen molar-refractivity contribution >= 4 is 5.91 Å². The molecule has 1 aliphatic rings. The van der Waals surface area contributed by atoms with Crippen molar-refractivity contribution in [1.82, 2.24) is 10.4 Å². The van der Waals surface area contributed by atoms with Crippen LogP contribution in [0.2, 0.25) is 0 Å². The van der Waals surface area contributed by atoms with Gasteiger partial charge < -0.3 is 5.73 Å². The van der Waals surface area contributed by atoms with Crippen LogP contribution >= 0.6 is 0 Å². The Kier molecular flexibility index (Phi) is 5.76. The Balaban J connectivity index is 1.96. The molecule has 3 N–H and O–H groups in total. The highest BCUT2D eigenvalue weighted by molar-refractivity contribution is 5.78. The van der Waals surface area contributed by atoms with Crippen LogP contribution in [0, 0.1) is 5.92 Å². The number of nitrogens with zero attached hydrogens (tertiary/aromatic N) is 1. The fourth-order valence-corrected chi connectivity index (χ4v) is 3.04. The molecule has 3 unspecified atom stereocenters. The second-order valence-electron chi connectivity index (χ2n) is 6.13. The highest BCUT2D eigenvalue weighted by atomic mass is 16.2. The minimum Gasteiger partial charge on any atom is -0.330 e. The van der Waals surface area contributed by atoms with Gasteiger partial charge in [0, 0.05) is 18.6 Å². The van der Waals surface area contributed by atoms with Gasteiger partial charge in [0.2, 0.25) is 5.91 Å². The van der Waals surface area contributed by atoms with Crippen LogP contribution < -0.4 is 11.2 Å². The molecule has 1 aliphatic heterocycles. The number of carbonyl (C=O) groups is 1. The van der Waals surface area contributed by atoms with Crippen molar-refractivity contribution in [3.05, 3.63) is 35.9 Å². The highest BCUT2D eigenvalue weighted by Gasteiger charge is 2.28. The van der Waals surface area contributed by atoms with E-state index in [1.807, 2.05) is 30.3 Å². The van der Waals surface area contributed by atoms with Gasteiger partial charge in [-0.2, -0.15) is 0 Å². The third-order valence-electron chi connectivity index (χ3n) is 4.41. The monoisotopic (exact) mass is 289 g/mol. The molecule has 0 radical (unpaired) electrons. The molecule has 4 nitrogen and oxygen atoms in total. The lowest BCUT2D eigenvalue weighted by molar-refractivity contribution is -0.133. The van der Waals surface area contributed by atoms with E-state index < -0.39 is 0 Å². The summed E-state index contributed by atoms with van der Waals surface area (Å²) in [7, 11) is 0. The topological polar surface area (TPSA) is 58.4 Å². The summed E-state index contributed by atoms with van der Waals surface area (Å²) in [6.07, 6.45) is 4.20. The molecule has 1 saturated heterocycles. The van der Waals surface area contributed by atoms with E-state index in [1.54, 1.807) is 0 Å². The zero-order valence-corrected chi connectivity index (χ0v) is 13.1. The standard InChI is InChI=1S/C17H27N3O/c1-13-7-6-8-14(2)20(13)19-17(21)16(12-18)11-15-9-4-3-5-10-15/h3-5,9-10,13-14,16H,6-8,11-12,18H2,1-2H3,(H,19,21). The quantitative estimate of drug-likeness (QED) is 0.872. The number of hydrazine groups is 1. The Morgan fingerprint density at radius 1 is 1.29 bits per heavy atom. The number of amides is 1. The van der Waals surface area contributed by atoms with Gasteiger partial charge in [-0.25, -0.2) is 5.01 Å². The molecule has 1 heterocycles. The van der Waals surface area contributed by atoms with Crippen LogP contribution in [0.25, 0.3) is 0 Å². The molecule has 0 aliphatic carbocycles. The number of benzene rings is 1. The maximum absolute atomic E-state index is 12.5. The van der Waals surface area contributed by atoms with E-state index in [0.717, 1.165) is 18.4 Å². The number of rotatable bonds is 5. The van der Waals surface area contributed by atoms with Gasteiger partial charge in [-0.3, -0.25) is 10.2 Å². The normalized spacial score (nSPS) is 24.5. The third-order valence-corrected chi connectivity index (χ3v) is 4.41.